The zero-order valence-electron chi connectivity index (χ0n) is 11.5. The van der Waals surface area contributed by atoms with Gasteiger partial charge in [0.15, 0.2) is 11.3 Å². The van der Waals surface area contributed by atoms with Crippen molar-refractivity contribution in [2.45, 2.75) is 30.6 Å². The topological polar surface area (TPSA) is 49.4 Å². The molecule has 2 aromatic carbocycles. The molecule has 4 nitrogen and oxygen atoms in total. The van der Waals surface area contributed by atoms with Crippen LogP contribution in [0.15, 0.2) is 68.5 Å². The third-order valence-corrected chi connectivity index (χ3v) is 4.68. The molecule has 0 bridgehead atoms. The van der Waals surface area contributed by atoms with Crippen molar-refractivity contribution in [3.05, 3.63) is 70.0 Å². The van der Waals surface area contributed by atoms with E-state index in [1.165, 1.54) is 0 Å². The Balaban J connectivity index is 1.81. The predicted octanol–water partition coefficient (Wildman–Crippen LogP) is 0.469. The number of hydrogen-bond acceptors (Lipinski definition) is 4. The van der Waals surface area contributed by atoms with Crippen LogP contribution in [0.25, 0.3) is 0 Å². The number of fused-ring (bicyclic) bond motifs is 3. The average Bonchev–Trinajstić information content (AvgIpc) is 3.15. The van der Waals surface area contributed by atoms with E-state index in [4.69, 9.17) is 20.0 Å². The molecule has 4 heteroatoms. The summed E-state index contributed by atoms with van der Waals surface area (Å²) in [6.07, 6.45) is 2.90. The Labute approximate surface area is 121 Å². The van der Waals surface area contributed by atoms with Gasteiger partial charge in [-0.25, -0.2) is 20.0 Å². The Hall–Kier alpha value is -2.36. The van der Waals surface area contributed by atoms with Crippen LogP contribution in [0, 0.1) is 0 Å². The van der Waals surface area contributed by atoms with E-state index in [9.17, 15) is 0 Å². The van der Waals surface area contributed by atoms with E-state index in [2.05, 4.69) is 0 Å². The molecule has 2 aromatic rings. The largest absolute Gasteiger partial charge is 0.249 e. The Morgan fingerprint density at radius 1 is 0.571 bits per heavy atom. The van der Waals surface area contributed by atoms with E-state index in [1.54, 1.807) is 0 Å². The van der Waals surface area contributed by atoms with Crippen LogP contribution in [-0.4, -0.2) is 11.3 Å². The first-order valence-electron chi connectivity index (χ1n) is 7.40. The van der Waals surface area contributed by atoms with Crippen LogP contribution < -0.4 is 21.4 Å². The minimum Gasteiger partial charge on any atom is -0.249 e. The van der Waals surface area contributed by atoms with Crippen LogP contribution in [0.4, 0.5) is 0 Å². The van der Waals surface area contributed by atoms with Crippen LogP contribution >= 0.6 is 0 Å². The predicted molar refractivity (Wildman–Crippen MR) is 76.8 cm³/mol. The van der Waals surface area contributed by atoms with Gasteiger partial charge in [-0.3, -0.25) is 0 Å². The zero-order chi connectivity index (χ0) is 13.9. The molecule has 102 valence electrons. The van der Waals surface area contributed by atoms with Crippen molar-refractivity contribution in [1.29, 1.82) is 0 Å². The average molecular weight is 274 g/mol. The molecule has 0 saturated heterocycles. The molecular formula is C17H14N4. The van der Waals surface area contributed by atoms with E-state index < -0.39 is 11.3 Å². The van der Waals surface area contributed by atoms with Crippen LogP contribution in [0.1, 0.15) is 19.3 Å². The van der Waals surface area contributed by atoms with E-state index in [1.807, 2.05) is 48.5 Å². The van der Waals surface area contributed by atoms with Gasteiger partial charge in [0, 0.05) is 0 Å². The van der Waals surface area contributed by atoms with Gasteiger partial charge in [0.25, 0.3) is 0 Å². The fourth-order valence-corrected chi connectivity index (χ4v) is 3.72. The Bertz CT molecular complexity index is 838. The van der Waals surface area contributed by atoms with Crippen molar-refractivity contribution in [2.75, 3.05) is 0 Å². The molecule has 21 heavy (non-hydrogen) atoms. The third kappa shape index (κ3) is 1.35. The molecule has 3 aliphatic rings. The molecule has 1 saturated carbocycles. The van der Waals surface area contributed by atoms with Gasteiger partial charge in [0.2, 0.25) is 0 Å². The SMILES string of the molecule is c1ccc2c(c1)=NC1(CCCC13N=c1ccccc1=N3)N=2. The summed E-state index contributed by atoms with van der Waals surface area (Å²) in [4.78, 5) is 19.8. The first-order valence-corrected chi connectivity index (χ1v) is 7.40. The summed E-state index contributed by atoms with van der Waals surface area (Å²) >= 11 is 0. The first kappa shape index (κ1) is 11.3. The second kappa shape index (κ2) is 3.64. The lowest BCUT2D eigenvalue weighted by molar-refractivity contribution is 0.283. The number of hydrogen-bond donors (Lipinski definition) is 0. The second-order valence-corrected chi connectivity index (χ2v) is 5.91. The molecule has 2 aliphatic heterocycles. The third-order valence-electron chi connectivity index (χ3n) is 4.68. The van der Waals surface area contributed by atoms with Gasteiger partial charge in [0.1, 0.15) is 0 Å². The summed E-state index contributed by atoms with van der Waals surface area (Å²) in [6.45, 7) is 0. The smallest absolute Gasteiger partial charge is 0.196 e. The van der Waals surface area contributed by atoms with Crippen molar-refractivity contribution in [3.63, 3.8) is 0 Å². The van der Waals surface area contributed by atoms with Gasteiger partial charge < -0.3 is 0 Å². The monoisotopic (exact) mass is 274 g/mol. The molecule has 2 spiro atoms. The van der Waals surface area contributed by atoms with Crippen molar-refractivity contribution in [3.8, 4) is 0 Å². The Kier molecular flexibility index (Phi) is 1.96. The lowest BCUT2D eigenvalue weighted by Gasteiger charge is -2.30. The minimum absolute atomic E-state index is 0.532. The second-order valence-electron chi connectivity index (χ2n) is 5.91. The maximum Gasteiger partial charge on any atom is 0.196 e. The van der Waals surface area contributed by atoms with Crippen LogP contribution in [0.3, 0.4) is 0 Å². The number of nitrogens with zero attached hydrogens (tertiary/aromatic N) is 4. The van der Waals surface area contributed by atoms with Crippen LogP contribution in [0.2, 0.25) is 0 Å². The van der Waals surface area contributed by atoms with Crippen molar-refractivity contribution in [1.82, 2.24) is 0 Å². The van der Waals surface area contributed by atoms with Crippen molar-refractivity contribution < 1.29 is 0 Å². The van der Waals surface area contributed by atoms with Gasteiger partial charge in [-0.1, -0.05) is 24.3 Å². The Morgan fingerprint density at radius 2 is 0.905 bits per heavy atom. The van der Waals surface area contributed by atoms with Crippen LogP contribution in [0.5, 0.6) is 0 Å². The summed E-state index contributed by atoms with van der Waals surface area (Å²) in [7, 11) is 0. The normalized spacial score (nSPS) is 22.1. The standard InChI is InChI=1S/C17H14N4/c1-2-7-13-12(6-1)18-16(19-13)10-5-11-17(16)20-14-8-3-4-9-15(14)21-17/h1-4,6-9H,5,10-11H2. The maximum atomic E-state index is 4.95. The molecule has 0 amide bonds. The fourth-order valence-electron chi connectivity index (χ4n) is 3.72. The maximum absolute atomic E-state index is 4.95. The molecule has 5 rings (SSSR count). The van der Waals surface area contributed by atoms with Gasteiger partial charge in [-0.05, 0) is 43.5 Å². The highest BCUT2D eigenvalue weighted by Crippen LogP contribution is 2.47. The molecule has 0 atom stereocenters. The molecule has 1 fully saturated rings. The number of rotatable bonds is 0. The molecule has 0 unspecified atom stereocenters. The summed E-state index contributed by atoms with van der Waals surface area (Å²) in [5.41, 5.74) is -1.06. The minimum atomic E-state index is -0.532. The molecule has 0 radical (unpaired) electrons. The first-order chi connectivity index (χ1) is 10.3. The number of para-hydroxylation sites is 4. The zero-order valence-corrected chi connectivity index (χ0v) is 11.5. The highest BCUT2D eigenvalue weighted by molar-refractivity contribution is 5.22. The molecule has 2 heterocycles. The quantitative estimate of drug-likeness (QED) is 0.670. The van der Waals surface area contributed by atoms with E-state index in [0.29, 0.717) is 0 Å². The van der Waals surface area contributed by atoms with Crippen molar-refractivity contribution in [2.24, 2.45) is 20.0 Å². The lowest BCUT2D eigenvalue weighted by Crippen LogP contribution is -2.43. The molecule has 0 aromatic heterocycles. The van der Waals surface area contributed by atoms with Gasteiger partial charge in [0.05, 0.1) is 21.4 Å². The molecular weight excluding hydrogens is 260 g/mol. The lowest BCUT2D eigenvalue weighted by atomic mass is 9.99. The molecule has 1 aliphatic carbocycles. The highest BCUT2D eigenvalue weighted by Gasteiger charge is 2.57. The van der Waals surface area contributed by atoms with E-state index in [-0.39, 0.29) is 0 Å². The van der Waals surface area contributed by atoms with Gasteiger partial charge in [-0.2, -0.15) is 0 Å². The van der Waals surface area contributed by atoms with Crippen molar-refractivity contribution >= 4 is 0 Å². The van der Waals surface area contributed by atoms with E-state index in [0.717, 1.165) is 40.7 Å². The summed E-state index contributed by atoms with van der Waals surface area (Å²) < 4.78 is 0. The summed E-state index contributed by atoms with van der Waals surface area (Å²) in [6, 6.07) is 16.2. The molecule has 0 N–H and O–H groups in total. The Morgan fingerprint density at radius 3 is 1.24 bits per heavy atom. The highest BCUT2D eigenvalue weighted by atomic mass is 15.3. The fraction of sp³-hybridized carbons (Fsp3) is 0.294. The summed E-state index contributed by atoms with van der Waals surface area (Å²) in [5, 5.41) is 3.89. The van der Waals surface area contributed by atoms with Crippen LogP contribution in [-0.2, 0) is 0 Å². The van der Waals surface area contributed by atoms with Gasteiger partial charge in [-0.15, -0.1) is 0 Å². The van der Waals surface area contributed by atoms with Gasteiger partial charge >= 0.3 is 0 Å². The summed E-state index contributed by atoms with van der Waals surface area (Å²) in [5.74, 6) is 0. The van der Waals surface area contributed by atoms with E-state index >= 15 is 0 Å². The number of benzene rings is 2.